The van der Waals surface area contributed by atoms with Gasteiger partial charge in [-0.05, 0) is 31.5 Å². The molecule has 0 aliphatic rings. The number of aromatic amines is 1. The molecule has 0 atom stereocenters. The van der Waals surface area contributed by atoms with E-state index in [9.17, 15) is 0 Å². The van der Waals surface area contributed by atoms with Crippen molar-refractivity contribution in [3.63, 3.8) is 0 Å². The first kappa shape index (κ1) is 13.0. The second kappa shape index (κ2) is 5.90. The molecule has 0 aliphatic carbocycles. The van der Waals surface area contributed by atoms with Crippen LogP contribution >= 0.6 is 0 Å². The highest BCUT2D eigenvalue weighted by Gasteiger charge is 2.07. The van der Waals surface area contributed by atoms with Gasteiger partial charge >= 0.3 is 0 Å². The maximum atomic E-state index is 8.47. The largest absolute Gasteiger partial charge is 0.476 e. The number of rotatable bonds is 2. The van der Waals surface area contributed by atoms with E-state index in [-0.39, 0.29) is 6.61 Å². The van der Waals surface area contributed by atoms with Gasteiger partial charge in [-0.2, -0.15) is 5.26 Å². The normalized spacial score (nSPS) is 9.35. The third-order valence-electron chi connectivity index (χ3n) is 2.11. The Morgan fingerprint density at radius 2 is 2.06 bits per heavy atom. The van der Waals surface area contributed by atoms with Gasteiger partial charge in [0.15, 0.2) is 6.61 Å². The zero-order valence-electron chi connectivity index (χ0n) is 10.7. The van der Waals surface area contributed by atoms with Gasteiger partial charge in [0.05, 0.1) is 5.52 Å². The number of H-pyrrole nitrogens is 1. The van der Waals surface area contributed by atoms with Gasteiger partial charge in [-0.15, -0.1) is 0 Å². The van der Waals surface area contributed by atoms with Crippen LogP contribution in [0.2, 0.25) is 0 Å². The molecule has 90 valence electrons. The van der Waals surface area contributed by atoms with E-state index in [1.165, 1.54) is 0 Å². The molecule has 0 saturated heterocycles. The highest BCUT2D eigenvalue weighted by molar-refractivity contribution is 5.82. The second-order valence-corrected chi connectivity index (χ2v) is 3.43. The molecule has 1 aromatic carbocycles. The van der Waals surface area contributed by atoms with Gasteiger partial charge < -0.3 is 9.72 Å². The molecule has 0 unspecified atom stereocenters. The van der Waals surface area contributed by atoms with Crippen LogP contribution in [0, 0.1) is 25.2 Å². The summed E-state index contributed by atoms with van der Waals surface area (Å²) in [4.78, 5) is 7.46. The predicted octanol–water partition coefficient (Wildman–Crippen LogP) is 3.11. The fourth-order valence-electron chi connectivity index (χ4n) is 1.57. The van der Waals surface area contributed by atoms with Crippen LogP contribution in [0.1, 0.15) is 25.2 Å². The van der Waals surface area contributed by atoms with Gasteiger partial charge in [-0.25, -0.2) is 4.98 Å². The Kier molecular flexibility index (Phi) is 4.53. The van der Waals surface area contributed by atoms with Crippen LogP contribution < -0.4 is 4.74 Å². The van der Waals surface area contributed by atoms with Gasteiger partial charge in [0.25, 0.3) is 0 Å². The first-order valence-corrected chi connectivity index (χ1v) is 5.67. The molecule has 2 rings (SSSR count). The van der Waals surface area contributed by atoms with Gasteiger partial charge in [0, 0.05) is 0 Å². The summed E-state index contributed by atoms with van der Waals surface area (Å²) >= 11 is 0. The Bertz CT molecular complexity index is 537. The van der Waals surface area contributed by atoms with E-state index in [1.54, 1.807) is 0 Å². The van der Waals surface area contributed by atoms with Crippen molar-refractivity contribution in [2.24, 2.45) is 0 Å². The van der Waals surface area contributed by atoms with Crippen molar-refractivity contribution in [1.29, 1.82) is 5.26 Å². The summed E-state index contributed by atoms with van der Waals surface area (Å²) in [6.07, 6.45) is 0. The predicted molar refractivity (Wildman–Crippen MR) is 68.0 cm³/mol. The van der Waals surface area contributed by atoms with Crippen molar-refractivity contribution in [1.82, 2.24) is 9.97 Å². The van der Waals surface area contributed by atoms with Crippen LogP contribution in [-0.4, -0.2) is 16.6 Å². The Morgan fingerprint density at radius 1 is 1.35 bits per heavy atom. The van der Waals surface area contributed by atoms with E-state index in [4.69, 9.17) is 10.00 Å². The van der Waals surface area contributed by atoms with Gasteiger partial charge in [-0.1, -0.05) is 13.8 Å². The SMILES string of the molecule is CC.Cc1cc(OCC#N)c2nc(C)[nH]c2c1. The Hall–Kier alpha value is -2.02. The number of ether oxygens (including phenoxy) is 1. The average Bonchev–Trinajstić information content (AvgIpc) is 2.69. The van der Waals surface area contributed by atoms with Crippen LogP contribution in [-0.2, 0) is 0 Å². The van der Waals surface area contributed by atoms with Crippen molar-refractivity contribution in [3.05, 3.63) is 23.5 Å². The minimum Gasteiger partial charge on any atom is -0.476 e. The number of nitrogens with zero attached hydrogens (tertiary/aromatic N) is 2. The highest BCUT2D eigenvalue weighted by Crippen LogP contribution is 2.25. The summed E-state index contributed by atoms with van der Waals surface area (Å²) in [6, 6.07) is 5.84. The van der Waals surface area contributed by atoms with E-state index >= 15 is 0 Å². The zero-order valence-corrected chi connectivity index (χ0v) is 10.7. The fourth-order valence-corrected chi connectivity index (χ4v) is 1.57. The third-order valence-corrected chi connectivity index (χ3v) is 2.11. The Balaban J connectivity index is 0.000000686. The molecule has 0 saturated carbocycles. The molecule has 0 fully saturated rings. The number of aromatic nitrogens is 2. The lowest BCUT2D eigenvalue weighted by Crippen LogP contribution is -1.94. The van der Waals surface area contributed by atoms with E-state index in [0.29, 0.717) is 5.75 Å². The molecular weight excluding hydrogens is 214 g/mol. The summed E-state index contributed by atoms with van der Waals surface area (Å²) in [5.74, 6) is 1.51. The van der Waals surface area contributed by atoms with Crippen molar-refractivity contribution in [3.8, 4) is 11.8 Å². The van der Waals surface area contributed by atoms with Crippen LogP contribution in [0.5, 0.6) is 5.75 Å². The third kappa shape index (κ3) is 2.97. The lowest BCUT2D eigenvalue weighted by molar-refractivity contribution is 0.371. The zero-order chi connectivity index (χ0) is 12.8. The highest BCUT2D eigenvalue weighted by atomic mass is 16.5. The molecule has 17 heavy (non-hydrogen) atoms. The summed E-state index contributed by atoms with van der Waals surface area (Å²) < 4.78 is 5.32. The molecule has 0 aliphatic heterocycles. The molecule has 4 heteroatoms. The van der Waals surface area contributed by atoms with Gasteiger partial charge in [0.2, 0.25) is 0 Å². The molecular formula is C13H17N3O. The smallest absolute Gasteiger partial charge is 0.174 e. The number of hydrogen-bond donors (Lipinski definition) is 1. The molecule has 0 bridgehead atoms. The molecule has 2 aromatic rings. The van der Waals surface area contributed by atoms with Crippen molar-refractivity contribution >= 4 is 11.0 Å². The lowest BCUT2D eigenvalue weighted by atomic mass is 10.2. The van der Waals surface area contributed by atoms with Crippen molar-refractivity contribution < 1.29 is 4.74 Å². The number of aryl methyl sites for hydroxylation is 2. The number of hydrogen-bond acceptors (Lipinski definition) is 3. The molecule has 4 nitrogen and oxygen atoms in total. The first-order valence-electron chi connectivity index (χ1n) is 5.67. The van der Waals surface area contributed by atoms with Crippen LogP contribution in [0.25, 0.3) is 11.0 Å². The summed E-state index contributed by atoms with van der Waals surface area (Å²) in [6.45, 7) is 7.92. The Labute approximate surface area is 101 Å². The van der Waals surface area contributed by atoms with E-state index in [0.717, 1.165) is 22.4 Å². The minimum absolute atomic E-state index is 0.0461. The van der Waals surface area contributed by atoms with Crippen LogP contribution in [0.3, 0.4) is 0 Å². The molecule has 1 aromatic heterocycles. The van der Waals surface area contributed by atoms with E-state index in [2.05, 4.69) is 9.97 Å². The first-order chi connectivity index (χ1) is 8.20. The van der Waals surface area contributed by atoms with Crippen LogP contribution in [0.15, 0.2) is 12.1 Å². The maximum absolute atomic E-state index is 8.47. The number of benzene rings is 1. The molecule has 0 radical (unpaired) electrons. The fraction of sp³-hybridized carbons (Fsp3) is 0.385. The van der Waals surface area contributed by atoms with E-state index < -0.39 is 0 Å². The monoisotopic (exact) mass is 231 g/mol. The molecule has 0 amide bonds. The standard InChI is InChI=1S/C11H11N3O.C2H6/c1-7-5-9-11(14-8(2)13-9)10(6-7)15-4-3-12;1-2/h5-6H,4H2,1-2H3,(H,13,14);1-2H3. The number of nitriles is 1. The number of fused-ring (bicyclic) bond motifs is 1. The summed E-state index contributed by atoms with van der Waals surface area (Å²) in [5, 5.41) is 8.47. The number of imidazole rings is 1. The maximum Gasteiger partial charge on any atom is 0.174 e. The second-order valence-electron chi connectivity index (χ2n) is 3.43. The van der Waals surface area contributed by atoms with Gasteiger partial charge in [-0.3, -0.25) is 0 Å². The Morgan fingerprint density at radius 3 is 2.71 bits per heavy atom. The lowest BCUT2D eigenvalue weighted by Gasteiger charge is -2.03. The average molecular weight is 231 g/mol. The summed E-state index contributed by atoms with van der Waals surface area (Å²) in [7, 11) is 0. The summed E-state index contributed by atoms with van der Waals surface area (Å²) in [5.41, 5.74) is 2.81. The van der Waals surface area contributed by atoms with Crippen molar-refractivity contribution in [2.75, 3.05) is 6.61 Å². The van der Waals surface area contributed by atoms with Crippen molar-refractivity contribution in [2.45, 2.75) is 27.7 Å². The van der Waals surface area contributed by atoms with Crippen LogP contribution in [0.4, 0.5) is 0 Å². The number of nitrogens with one attached hydrogen (secondary N) is 1. The minimum atomic E-state index is 0.0461. The van der Waals surface area contributed by atoms with Gasteiger partial charge in [0.1, 0.15) is 23.2 Å². The quantitative estimate of drug-likeness (QED) is 0.863. The van der Waals surface area contributed by atoms with E-state index in [1.807, 2.05) is 45.9 Å². The molecule has 1 heterocycles. The molecule has 1 N–H and O–H groups in total. The molecule has 0 spiro atoms. The topological polar surface area (TPSA) is 61.7 Å².